The Hall–Kier alpha value is -1.70. The van der Waals surface area contributed by atoms with Crippen LogP contribution < -0.4 is 0 Å². The summed E-state index contributed by atoms with van der Waals surface area (Å²) in [5.74, 6) is 0.834. The van der Waals surface area contributed by atoms with Crippen LogP contribution in [0.15, 0.2) is 36.1 Å². The van der Waals surface area contributed by atoms with Gasteiger partial charge in [-0.05, 0) is 41.9 Å². The van der Waals surface area contributed by atoms with Crippen molar-refractivity contribution in [2.24, 2.45) is 0 Å². The van der Waals surface area contributed by atoms with Crippen molar-refractivity contribution in [3.8, 4) is 0 Å². The lowest BCUT2D eigenvalue weighted by Gasteiger charge is -2.39. The monoisotopic (exact) mass is 365 g/mol. The number of aliphatic hydroxyl groups is 1. The van der Waals surface area contributed by atoms with Gasteiger partial charge in [0.05, 0.1) is 23.4 Å². The van der Waals surface area contributed by atoms with Gasteiger partial charge in [0.2, 0.25) is 8.32 Å². The number of nitro benzene ring substituents is 1. The van der Waals surface area contributed by atoms with Gasteiger partial charge in [0, 0.05) is 18.6 Å². The molecule has 0 fully saturated rings. The Morgan fingerprint density at radius 2 is 1.92 bits per heavy atom. The van der Waals surface area contributed by atoms with Crippen molar-refractivity contribution in [2.45, 2.75) is 57.5 Å². The lowest BCUT2D eigenvalue weighted by molar-refractivity contribution is -0.384. The van der Waals surface area contributed by atoms with Crippen molar-refractivity contribution < 1.29 is 19.2 Å². The number of non-ortho nitro benzene ring substituents is 1. The molecule has 0 radical (unpaired) electrons. The second-order valence-corrected chi connectivity index (χ2v) is 12.6. The minimum atomic E-state index is -1.98. The van der Waals surface area contributed by atoms with Gasteiger partial charge < -0.3 is 14.3 Å². The number of ether oxygens (including phenoxy) is 1. The van der Waals surface area contributed by atoms with Crippen molar-refractivity contribution >= 4 is 14.0 Å². The topological polar surface area (TPSA) is 81.8 Å². The van der Waals surface area contributed by atoms with Crippen LogP contribution in [-0.2, 0) is 9.16 Å². The summed E-state index contributed by atoms with van der Waals surface area (Å²) in [5.41, 5.74) is 0.889. The molecule has 0 bridgehead atoms. The molecular formula is C18H27NO5Si. The number of aliphatic hydroxyl groups excluding tert-OH is 1. The van der Waals surface area contributed by atoms with Gasteiger partial charge in [0.15, 0.2) is 0 Å². The smallest absolute Gasteiger partial charge is 0.269 e. The highest BCUT2D eigenvalue weighted by molar-refractivity contribution is 6.74. The highest BCUT2D eigenvalue weighted by Gasteiger charge is 2.40. The second-order valence-electron chi connectivity index (χ2n) is 7.89. The summed E-state index contributed by atoms with van der Waals surface area (Å²) in [7, 11) is -1.98. The molecule has 138 valence electrons. The van der Waals surface area contributed by atoms with Gasteiger partial charge in [-0.2, -0.15) is 0 Å². The molecule has 7 heteroatoms. The molecule has 0 saturated heterocycles. The van der Waals surface area contributed by atoms with Gasteiger partial charge in [0.1, 0.15) is 6.10 Å². The highest BCUT2D eigenvalue weighted by Crippen LogP contribution is 2.41. The van der Waals surface area contributed by atoms with E-state index in [1.165, 1.54) is 12.1 Å². The summed E-state index contributed by atoms with van der Waals surface area (Å²) >= 11 is 0. The average Bonchev–Trinajstić information content (AvgIpc) is 2.53. The molecule has 0 amide bonds. The lowest BCUT2D eigenvalue weighted by Crippen LogP contribution is -2.41. The van der Waals surface area contributed by atoms with E-state index in [2.05, 4.69) is 33.9 Å². The fraction of sp³-hybridized carbons (Fsp3) is 0.556. The Kier molecular flexibility index (Phi) is 5.71. The number of nitro groups is 1. The molecule has 1 aromatic carbocycles. The minimum absolute atomic E-state index is 0.0477. The van der Waals surface area contributed by atoms with E-state index in [0.717, 1.165) is 11.3 Å². The van der Waals surface area contributed by atoms with Crippen molar-refractivity contribution in [3.05, 3.63) is 51.8 Å². The first-order chi connectivity index (χ1) is 11.5. The van der Waals surface area contributed by atoms with Crippen LogP contribution in [-0.4, -0.2) is 31.1 Å². The molecule has 1 aromatic rings. The molecule has 6 nitrogen and oxygen atoms in total. The summed E-state index contributed by atoms with van der Waals surface area (Å²) < 4.78 is 12.3. The van der Waals surface area contributed by atoms with E-state index in [-0.39, 0.29) is 23.4 Å². The van der Waals surface area contributed by atoms with Crippen LogP contribution in [0, 0.1) is 10.1 Å². The van der Waals surface area contributed by atoms with Crippen LogP contribution >= 0.6 is 0 Å². The number of hydrogen-bond donors (Lipinski definition) is 1. The van der Waals surface area contributed by atoms with Crippen molar-refractivity contribution in [3.63, 3.8) is 0 Å². The summed E-state index contributed by atoms with van der Waals surface area (Å²) in [6, 6.07) is 6.34. The first kappa shape index (κ1) is 19.6. The summed E-state index contributed by atoms with van der Waals surface area (Å²) in [4.78, 5) is 10.4. The highest BCUT2D eigenvalue weighted by atomic mass is 28.4. The average molecular weight is 366 g/mol. The predicted octanol–water partition coefficient (Wildman–Crippen LogP) is 4.32. The van der Waals surface area contributed by atoms with Crippen molar-refractivity contribution in [1.29, 1.82) is 0 Å². The van der Waals surface area contributed by atoms with E-state index in [0.29, 0.717) is 6.42 Å². The first-order valence-corrected chi connectivity index (χ1v) is 11.3. The molecule has 25 heavy (non-hydrogen) atoms. The summed E-state index contributed by atoms with van der Waals surface area (Å²) in [6.45, 7) is 10.8. The molecule has 1 aliphatic rings. The molecule has 0 aromatic heterocycles. The third kappa shape index (κ3) is 4.68. The Morgan fingerprint density at radius 3 is 2.40 bits per heavy atom. The Balaban J connectivity index is 2.21. The van der Waals surface area contributed by atoms with Gasteiger partial charge in [-0.25, -0.2) is 0 Å². The lowest BCUT2D eigenvalue weighted by atomic mass is 10.0. The molecular weight excluding hydrogens is 338 g/mol. The van der Waals surface area contributed by atoms with Crippen LogP contribution in [0.5, 0.6) is 0 Å². The van der Waals surface area contributed by atoms with E-state index in [4.69, 9.17) is 9.16 Å². The summed E-state index contributed by atoms with van der Waals surface area (Å²) in [5, 5.41) is 20.4. The molecule has 1 aliphatic heterocycles. The molecule has 0 unspecified atom stereocenters. The maximum Gasteiger partial charge on any atom is 0.269 e. The van der Waals surface area contributed by atoms with Crippen LogP contribution in [0.4, 0.5) is 5.69 Å². The Bertz CT molecular complexity index is 648. The molecule has 0 aliphatic carbocycles. The largest absolute Gasteiger partial charge is 0.547 e. The maximum atomic E-state index is 10.8. The summed E-state index contributed by atoms with van der Waals surface area (Å²) in [6.07, 6.45) is 1.68. The Morgan fingerprint density at radius 1 is 1.32 bits per heavy atom. The maximum absolute atomic E-state index is 10.8. The van der Waals surface area contributed by atoms with E-state index in [1.54, 1.807) is 12.1 Å². The molecule has 2 atom stereocenters. The van der Waals surface area contributed by atoms with Crippen LogP contribution in [0.1, 0.15) is 38.9 Å². The predicted molar refractivity (Wildman–Crippen MR) is 98.8 cm³/mol. The zero-order valence-electron chi connectivity index (χ0n) is 15.5. The molecule has 1 N–H and O–H groups in total. The van der Waals surface area contributed by atoms with E-state index in [1.807, 2.05) is 6.08 Å². The van der Waals surface area contributed by atoms with Crippen molar-refractivity contribution in [1.82, 2.24) is 0 Å². The third-order valence-corrected chi connectivity index (χ3v) is 9.33. The molecule has 2 rings (SSSR count). The zero-order valence-corrected chi connectivity index (χ0v) is 16.5. The fourth-order valence-corrected chi connectivity index (χ4v) is 3.53. The van der Waals surface area contributed by atoms with Crippen LogP contribution in [0.2, 0.25) is 18.1 Å². The van der Waals surface area contributed by atoms with Crippen LogP contribution in [0.25, 0.3) is 0 Å². The Labute approximate surface area is 149 Å². The van der Waals surface area contributed by atoms with Crippen molar-refractivity contribution in [2.75, 3.05) is 6.61 Å². The van der Waals surface area contributed by atoms with E-state index < -0.39 is 19.3 Å². The number of rotatable bonds is 5. The molecule has 0 spiro atoms. The molecule has 0 saturated carbocycles. The van der Waals surface area contributed by atoms with Gasteiger partial charge >= 0.3 is 0 Å². The zero-order chi connectivity index (χ0) is 18.8. The molecule has 1 heterocycles. The van der Waals surface area contributed by atoms with E-state index in [9.17, 15) is 15.2 Å². The van der Waals surface area contributed by atoms with Gasteiger partial charge in [0.25, 0.3) is 5.69 Å². The normalized spacial score (nSPS) is 21.6. The second kappa shape index (κ2) is 7.27. The first-order valence-electron chi connectivity index (χ1n) is 8.44. The standard InChI is InChI=1S/C18H27NO5Si/c1-18(2,3)25(4,5)24-15-10-16(12-20)23-17(11-15)13-6-8-14(9-7-13)19(21)22/h6-10,16-17,20H,11-12H2,1-5H3/t16-,17+/m1/s1. The third-order valence-electron chi connectivity index (χ3n) is 4.95. The SMILES string of the molecule is CC(C)(C)[Si](C)(C)OC1=C[C@H](CO)O[C@H](c2ccc([N+](=O)[O-])cc2)C1. The number of hydrogen-bond acceptors (Lipinski definition) is 5. The van der Waals surface area contributed by atoms with E-state index >= 15 is 0 Å². The number of nitrogens with zero attached hydrogens (tertiary/aromatic N) is 1. The number of benzene rings is 1. The van der Waals surface area contributed by atoms with Gasteiger partial charge in [-0.3, -0.25) is 10.1 Å². The van der Waals surface area contributed by atoms with Gasteiger partial charge in [-0.1, -0.05) is 20.8 Å². The quantitative estimate of drug-likeness (QED) is 0.477. The fourth-order valence-electron chi connectivity index (χ4n) is 2.42. The van der Waals surface area contributed by atoms with Crippen LogP contribution in [0.3, 0.4) is 0 Å². The van der Waals surface area contributed by atoms with Gasteiger partial charge in [-0.15, -0.1) is 0 Å². The minimum Gasteiger partial charge on any atom is -0.547 e.